The second-order valence-corrected chi connectivity index (χ2v) is 15.9. The predicted octanol–water partition coefficient (Wildman–Crippen LogP) is 5.68. The van der Waals surface area contributed by atoms with Crippen LogP contribution in [-0.4, -0.2) is 99.3 Å². The molecule has 6 N–H and O–H groups in total. The number of esters is 2. The molecule has 0 spiro atoms. The van der Waals surface area contributed by atoms with Crippen LogP contribution in [0, 0.1) is 17.8 Å². The fourth-order valence-corrected chi connectivity index (χ4v) is 6.78. The number of hydrogen-bond donors (Lipinski definition) is 6. The maximum absolute atomic E-state index is 12.5. The van der Waals surface area contributed by atoms with Crippen molar-refractivity contribution in [2.45, 2.75) is 160 Å². The lowest BCUT2D eigenvalue weighted by molar-refractivity contribution is -0.161. The Labute approximate surface area is 311 Å². The minimum absolute atomic E-state index is 0.0652. The van der Waals surface area contributed by atoms with Crippen molar-refractivity contribution in [3.05, 3.63) is 24.3 Å². The molecular formula is C38H69O13P. The summed E-state index contributed by atoms with van der Waals surface area (Å²) < 4.78 is 32.5. The standard InChI is InChI=1S/C38H69O13P/c1-4-5-12-18-30(40)22-23-34-33(35(42)24-36(34)43)19-14-10-11-15-20-37(44)48-27-32(28-50-52(46,47)49-26-31(41)25-39)51-38(45)21-16-9-7-6-8-13-17-29(2)3/h10,14,22-23,29-36,39-43H,4-9,11-13,15-21,24-28H2,1-3H3,(H,46,47)/b14-10+,23-22+/t30-,31-,32+,33+,34+,35-,36+/m0/s1. The average molecular weight is 765 g/mol. The SMILES string of the molecule is CCCCC[C@H](O)/C=C/[C@@H]1[C@@H](C/C=C/CCCC(=O)OC[C@H](COP(=O)(O)OC[C@@H](O)CO)OC(=O)CCCCCCCCC(C)C)[C@@H](O)C[C@H]1O. The smallest absolute Gasteiger partial charge is 0.462 e. The van der Waals surface area contributed by atoms with Crippen molar-refractivity contribution in [1.29, 1.82) is 0 Å². The van der Waals surface area contributed by atoms with E-state index in [1.54, 1.807) is 6.08 Å². The summed E-state index contributed by atoms with van der Waals surface area (Å²) in [5, 5.41) is 49.5. The molecule has 0 aromatic heterocycles. The van der Waals surface area contributed by atoms with E-state index >= 15 is 0 Å². The third-order valence-electron chi connectivity index (χ3n) is 9.11. The van der Waals surface area contributed by atoms with Gasteiger partial charge in [0.2, 0.25) is 0 Å². The summed E-state index contributed by atoms with van der Waals surface area (Å²) in [5.74, 6) is -0.866. The molecule has 0 aliphatic heterocycles. The van der Waals surface area contributed by atoms with Crippen LogP contribution in [0.25, 0.3) is 0 Å². The number of phosphoric acid groups is 1. The number of rotatable bonds is 31. The minimum Gasteiger partial charge on any atom is -0.462 e. The van der Waals surface area contributed by atoms with Crippen LogP contribution in [0.15, 0.2) is 24.3 Å². The van der Waals surface area contributed by atoms with Gasteiger partial charge in [-0.2, -0.15) is 0 Å². The lowest BCUT2D eigenvalue weighted by atomic mass is 9.89. The fourth-order valence-electron chi connectivity index (χ4n) is 5.99. The summed E-state index contributed by atoms with van der Waals surface area (Å²) in [6.07, 6.45) is 15.8. The van der Waals surface area contributed by atoms with Gasteiger partial charge in [-0.15, -0.1) is 0 Å². The Morgan fingerprint density at radius 2 is 1.48 bits per heavy atom. The van der Waals surface area contributed by atoms with Crippen LogP contribution in [0.4, 0.5) is 0 Å². The highest BCUT2D eigenvalue weighted by atomic mass is 31.2. The molecule has 0 saturated heterocycles. The quantitative estimate of drug-likeness (QED) is 0.0218. The summed E-state index contributed by atoms with van der Waals surface area (Å²) in [7, 11) is -4.67. The third-order valence-corrected chi connectivity index (χ3v) is 10.1. The molecule has 0 aromatic rings. The zero-order chi connectivity index (χ0) is 38.8. The first-order valence-electron chi connectivity index (χ1n) is 19.4. The summed E-state index contributed by atoms with van der Waals surface area (Å²) in [6, 6.07) is 0. The van der Waals surface area contributed by atoms with E-state index in [0.29, 0.717) is 38.0 Å². The van der Waals surface area contributed by atoms with Crippen LogP contribution in [-0.2, 0) is 32.7 Å². The number of hydrogen-bond acceptors (Lipinski definition) is 12. The van der Waals surface area contributed by atoms with Crippen molar-refractivity contribution in [3.8, 4) is 0 Å². The lowest BCUT2D eigenvalue weighted by Gasteiger charge is -2.20. The van der Waals surface area contributed by atoms with Crippen molar-refractivity contribution < 1.29 is 63.1 Å². The molecule has 0 amide bonds. The van der Waals surface area contributed by atoms with Gasteiger partial charge in [0.05, 0.1) is 38.1 Å². The summed E-state index contributed by atoms with van der Waals surface area (Å²) >= 11 is 0. The van der Waals surface area contributed by atoms with E-state index in [4.69, 9.17) is 19.1 Å². The van der Waals surface area contributed by atoms with E-state index in [2.05, 4.69) is 25.3 Å². The number of aliphatic hydroxyl groups excluding tert-OH is 5. The van der Waals surface area contributed by atoms with Gasteiger partial charge in [0.25, 0.3) is 0 Å². The van der Waals surface area contributed by atoms with Gasteiger partial charge in [0.15, 0.2) is 6.10 Å². The molecule has 1 rings (SSSR count). The zero-order valence-electron chi connectivity index (χ0n) is 31.8. The highest BCUT2D eigenvalue weighted by Crippen LogP contribution is 2.43. The molecule has 1 aliphatic carbocycles. The van der Waals surface area contributed by atoms with Gasteiger partial charge in [-0.1, -0.05) is 103 Å². The second kappa shape index (κ2) is 28.7. The summed E-state index contributed by atoms with van der Waals surface area (Å²) in [5.41, 5.74) is 0. The molecule has 52 heavy (non-hydrogen) atoms. The van der Waals surface area contributed by atoms with Crippen LogP contribution in [0.3, 0.4) is 0 Å². The summed E-state index contributed by atoms with van der Waals surface area (Å²) in [4.78, 5) is 34.9. The minimum atomic E-state index is -4.67. The van der Waals surface area contributed by atoms with Gasteiger partial charge in [-0.3, -0.25) is 18.6 Å². The van der Waals surface area contributed by atoms with Crippen molar-refractivity contribution in [3.63, 3.8) is 0 Å². The zero-order valence-corrected chi connectivity index (χ0v) is 32.7. The Kier molecular flexibility index (Phi) is 26.7. The number of ether oxygens (including phenoxy) is 2. The number of phosphoric ester groups is 1. The normalized spacial score (nSPS) is 22.2. The molecule has 1 fully saturated rings. The van der Waals surface area contributed by atoms with Gasteiger partial charge in [-0.25, -0.2) is 4.57 Å². The number of carbonyl (C=O) groups excluding carboxylic acids is 2. The van der Waals surface area contributed by atoms with Gasteiger partial charge < -0.3 is 39.9 Å². The topological polar surface area (TPSA) is 210 Å². The van der Waals surface area contributed by atoms with Crippen LogP contribution < -0.4 is 0 Å². The Balaban J connectivity index is 2.54. The largest absolute Gasteiger partial charge is 0.472 e. The molecule has 13 nitrogen and oxygen atoms in total. The maximum atomic E-state index is 12.5. The van der Waals surface area contributed by atoms with Crippen LogP contribution >= 0.6 is 7.82 Å². The van der Waals surface area contributed by atoms with Crippen molar-refractivity contribution in [2.75, 3.05) is 26.4 Å². The van der Waals surface area contributed by atoms with E-state index in [9.17, 15) is 39.5 Å². The lowest BCUT2D eigenvalue weighted by Crippen LogP contribution is -2.29. The number of carbonyl (C=O) groups is 2. The third kappa shape index (κ3) is 23.9. The Morgan fingerprint density at radius 3 is 2.17 bits per heavy atom. The predicted molar refractivity (Wildman–Crippen MR) is 198 cm³/mol. The van der Waals surface area contributed by atoms with E-state index in [1.807, 2.05) is 18.2 Å². The van der Waals surface area contributed by atoms with Crippen LogP contribution in [0.1, 0.15) is 130 Å². The highest BCUT2D eigenvalue weighted by Gasteiger charge is 2.39. The molecule has 0 bridgehead atoms. The van der Waals surface area contributed by atoms with Gasteiger partial charge in [-0.05, 0) is 43.9 Å². The number of allylic oxidation sites excluding steroid dienone is 2. The molecule has 0 aromatic carbocycles. The first kappa shape index (κ1) is 48.3. The molecular weight excluding hydrogens is 695 g/mol. The molecule has 1 unspecified atom stereocenters. The molecule has 304 valence electrons. The fraction of sp³-hybridized carbons (Fsp3) is 0.842. The molecule has 8 atom stereocenters. The van der Waals surface area contributed by atoms with Gasteiger partial charge >= 0.3 is 19.8 Å². The monoisotopic (exact) mass is 764 g/mol. The van der Waals surface area contributed by atoms with Crippen molar-refractivity contribution in [1.82, 2.24) is 0 Å². The van der Waals surface area contributed by atoms with E-state index in [0.717, 1.165) is 44.9 Å². The van der Waals surface area contributed by atoms with Gasteiger partial charge in [0.1, 0.15) is 12.7 Å². The van der Waals surface area contributed by atoms with Crippen molar-refractivity contribution >= 4 is 19.8 Å². The Morgan fingerprint density at radius 1 is 0.827 bits per heavy atom. The average Bonchev–Trinajstić information content (AvgIpc) is 3.37. The number of aliphatic hydroxyl groups is 5. The molecule has 1 saturated carbocycles. The van der Waals surface area contributed by atoms with Crippen LogP contribution in [0.5, 0.6) is 0 Å². The Bertz CT molecular complexity index is 1050. The maximum Gasteiger partial charge on any atom is 0.472 e. The summed E-state index contributed by atoms with van der Waals surface area (Å²) in [6.45, 7) is 4.18. The molecule has 0 heterocycles. The first-order valence-corrected chi connectivity index (χ1v) is 20.9. The molecule has 0 radical (unpaired) electrons. The number of unbranched alkanes of at least 4 members (excludes halogenated alkanes) is 8. The van der Waals surface area contributed by atoms with Crippen LogP contribution in [0.2, 0.25) is 0 Å². The van der Waals surface area contributed by atoms with Crippen molar-refractivity contribution in [2.24, 2.45) is 17.8 Å². The van der Waals surface area contributed by atoms with E-state index in [-0.39, 0.29) is 31.1 Å². The van der Waals surface area contributed by atoms with E-state index in [1.165, 1.54) is 12.8 Å². The van der Waals surface area contributed by atoms with Gasteiger partial charge in [0, 0.05) is 25.2 Å². The second-order valence-electron chi connectivity index (χ2n) is 14.4. The molecule has 14 heteroatoms. The first-order chi connectivity index (χ1) is 24.8. The molecule has 1 aliphatic rings. The Hall–Kier alpha value is -1.67. The highest BCUT2D eigenvalue weighted by molar-refractivity contribution is 7.47. The van der Waals surface area contributed by atoms with E-state index < -0.39 is 76.7 Å².